The second kappa shape index (κ2) is 11.2. The van der Waals surface area contributed by atoms with Crippen molar-refractivity contribution in [3.8, 4) is 5.75 Å². The molecule has 3 N–H and O–H groups in total. The normalized spacial score (nSPS) is 15.8. The molecule has 178 valence electrons. The number of carbonyl (C=O) groups is 3. The van der Waals surface area contributed by atoms with E-state index < -0.39 is 23.8 Å². The van der Waals surface area contributed by atoms with Crippen molar-refractivity contribution >= 4 is 17.9 Å². The summed E-state index contributed by atoms with van der Waals surface area (Å²) in [6.07, 6.45) is 3.65. The van der Waals surface area contributed by atoms with Crippen molar-refractivity contribution in [2.24, 2.45) is 0 Å². The molecule has 0 aliphatic heterocycles. The van der Waals surface area contributed by atoms with Gasteiger partial charge in [0.1, 0.15) is 23.4 Å². The third-order valence-corrected chi connectivity index (χ3v) is 5.39. The molecular weight excluding hydrogens is 410 g/mol. The number of nitrogens with zero attached hydrogens (tertiary/aromatic N) is 1. The smallest absolute Gasteiger partial charge is 0.408 e. The molecule has 1 aliphatic rings. The lowest BCUT2D eigenvalue weighted by Crippen LogP contribution is -2.56. The largest absolute Gasteiger partial charge is 0.508 e. The average molecular weight is 448 g/mol. The predicted octanol–water partition coefficient (Wildman–Crippen LogP) is 3.64. The van der Waals surface area contributed by atoms with Gasteiger partial charge >= 0.3 is 6.09 Å². The molecule has 1 fully saturated rings. The van der Waals surface area contributed by atoms with Gasteiger partial charge in [0.25, 0.3) is 0 Å². The Morgan fingerprint density at radius 2 is 1.81 bits per heavy atom. The molecule has 32 heavy (non-hydrogen) atoms. The van der Waals surface area contributed by atoms with E-state index >= 15 is 0 Å². The lowest BCUT2D eigenvalue weighted by atomic mass is 9.88. The Kier molecular flexibility index (Phi) is 8.92. The number of amides is 3. The zero-order valence-electron chi connectivity index (χ0n) is 19.8. The minimum absolute atomic E-state index is 0.0837. The molecule has 2 unspecified atom stereocenters. The molecule has 0 radical (unpaired) electrons. The minimum Gasteiger partial charge on any atom is -0.508 e. The van der Waals surface area contributed by atoms with Crippen LogP contribution in [0.1, 0.15) is 78.3 Å². The number of nitrogens with one attached hydrogen (secondary N) is 2. The summed E-state index contributed by atoms with van der Waals surface area (Å²) in [6.45, 7) is 9.41. The van der Waals surface area contributed by atoms with Gasteiger partial charge in [-0.3, -0.25) is 9.59 Å². The molecule has 0 saturated heterocycles. The van der Waals surface area contributed by atoms with Crippen molar-refractivity contribution in [1.82, 2.24) is 15.5 Å². The van der Waals surface area contributed by atoms with Crippen molar-refractivity contribution in [2.75, 3.05) is 6.54 Å². The predicted molar refractivity (Wildman–Crippen MR) is 122 cm³/mol. The van der Waals surface area contributed by atoms with Crippen LogP contribution in [-0.2, 0) is 14.3 Å². The van der Waals surface area contributed by atoms with Crippen LogP contribution in [0.25, 0.3) is 0 Å². The second-order valence-corrected chi connectivity index (χ2v) is 9.34. The first-order valence-electron chi connectivity index (χ1n) is 11.4. The number of alkyl carbamates (subject to hydrolysis) is 1. The van der Waals surface area contributed by atoms with Crippen LogP contribution in [-0.4, -0.2) is 52.1 Å². The number of benzene rings is 1. The fourth-order valence-corrected chi connectivity index (χ4v) is 3.53. The lowest BCUT2D eigenvalue weighted by molar-refractivity contribution is -0.147. The molecule has 2 rings (SSSR count). The fraction of sp³-hybridized carbons (Fsp3) is 0.625. The molecule has 8 nitrogen and oxygen atoms in total. The van der Waals surface area contributed by atoms with Gasteiger partial charge in [0.15, 0.2) is 0 Å². The molecule has 1 aromatic carbocycles. The first kappa shape index (κ1) is 25.5. The van der Waals surface area contributed by atoms with Crippen LogP contribution in [0.3, 0.4) is 0 Å². The Labute approximate surface area is 190 Å². The Morgan fingerprint density at radius 1 is 1.19 bits per heavy atom. The van der Waals surface area contributed by atoms with Crippen molar-refractivity contribution in [3.63, 3.8) is 0 Å². The number of carbonyl (C=O) groups excluding carboxylic acids is 3. The van der Waals surface area contributed by atoms with E-state index in [0.29, 0.717) is 12.1 Å². The van der Waals surface area contributed by atoms with Crippen LogP contribution in [0.15, 0.2) is 24.3 Å². The summed E-state index contributed by atoms with van der Waals surface area (Å²) in [5.74, 6) is -0.529. The minimum atomic E-state index is -0.867. The van der Waals surface area contributed by atoms with Crippen LogP contribution < -0.4 is 10.6 Å². The third kappa shape index (κ3) is 7.14. The van der Waals surface area contributed by atoms with Gasteiger partial charge < -0.3 is 25.4 Å². The summed E-state index contributed by atoms with van der Waals surface area (Å²) < 4.78 is 5.28. The highest BCUT2D eigenvalue weighted by Gasteiger charge is 2.40. The zero-order valence-corrected chi connectivity index (χ0v) is 19.8. The Bertz CT molecular complexity index is 784. The summed E-state index contributed by atoms with van der Waals surface area (Å²) in [5, 5.41) is 15.2. The lowest BCUT2D eigenvalue weighted by Gasteiger charge is -2.43. The summed E-state index contributed by atoms with van der Waals surface area (Å²) in [7, 11) is 0. The molecule has 2 atom stereocenters. The number of unbranched alkanes of at least 4 members (excludes halogenated alkanes) is 1. The summed E-state index contributed by atoms with van der Waals surface area (Å²) >= 11 is 0. The van der Waals surface area contributed by atoms with Crippen molar-refractivity contribution < 1.29 is 24.2 Å². The topological polar surface area (TPSA) is 108 Å². The van der Waals surface area contributed by atoms with E-state index in [1.54, 1.807) is 44.7 Å². The number of aromatic hydroxyl groups is 1. The Hall–Kier alpha value is -2.77. The molecule has 0 heterocycles. The van der Waals surface area contributed by atoms with Crippen molar-refractivity contribution in [1.29, 1.82) is 0 Å². The maximum Gasteiger partial charge on any atom is 0.408 e. The first-order chi connectivity index (χ1) is 15.0. The molecule has 0 spiro atoms. The molecule has 1 saturated carbocycles. The fourth-order valence-electron chi connectivity index (χ4n) is 3.53. The standard InChI is InChI=1S/C24H37N3O5/c1-6-7-15-25-21(29)20(17-11-13-19(28)14-12-17)27(18-9-8-10-18)22(30)16(2)26-23(31)32-24(3,4)5/h11-14,16,18,20,28H,6-10,15H2,1-5H3,(H,25,29)(H,26,31). The molecule has 1 aliphatic carbocycles. The van der Waals surface area contributed by atoms with Gasteiger partial charge in [0, 0.05) is 12.6 Å². The van der Waals surface area contributed by atoms with Gasteiger partial charge in [-0.05, 0) is 71.1 Å². The number of ether oxygens (including phenoxy) is 1. The van der Waals surface area contributed by atoms with Crippen molar-refractivity contribution in [2.45, 2.75) is 90.4 Å². The third-order valence-electron chi connectivity index (χ3n) is 5.39. The van der Waals surface area contributed by atoms with E-state index in [0.717, 1.165) is 32.1 Å². The second-order valence-electron chi connectivity index (χ2n) is 9.34. The van der Waals surface area contributed by atoms with E-state index in [2.05, 4.69) is 10.6 Å². The van der Waals surface area contributed by atoms with Gasteiger partial charge in [-0.2, -0.15) is 0 Å². The molecular formula is C24H37N3O5. The van der Waals surface area contributed by atoms with E-state index in [-0.39, 0.29) is 23.6 Å². The summed E-state index contributed by atoms with van der Waals surface area (Å²) in [5.41, 5.74) is -0.0737. The summed E-state index contributed by atoms with van der Waals surface area (Å²) in [4.78, 5) is 40.6. The van der Waals surface area contributed by atoms with Gasteiger partial charge in [0.05, 0.1) is 0 Å². The molecule has 1 aromatic rings. The van der Waals surface area contributed by atoms with Crippen LogP contribution in [0, 0.1) is 0 Å². The molecule has 3 amide bonds. The number of phenolic OH excluding ortho intramolecular Hbond substituents is 1. The number of hydrogen-bond donors (Lipinski definition) is 3. The first-order valence-corrected chi connectivity index (χ1v) is 11.4. The number of phenols is 1. The monoisotopic (exact) mass is 447 g/mol. The van der Waals surface area contributed by atoms with Gasteiger partial charge in [-0.25, -0.2) is 4.79 Å². The Morgan fingerprint density at radius 3 is 2.31 bits per heavy atom. The van der Waals surface area contributed by atoms with Gasteiger partial charge in [-0.1, -0.05) is 25.5 Å². The number of hydrogen-bond acceptors (Lipinski definition) is 5. The average Bonchev–Trinajstić information content (AvgIpc) is 2.65. The maximum atomic E-state index is 13.5. The maximum absolute atomic E-state index is 13.5. The zero-order chi connectivity index (χ0) is 23.9. The van der Waals surface area contributed by atoms with E-state index in [9.17, 15) is 19.5 Å². The number of rotatable bonds is 9. The van der Waals surface area contributed by atoms with Gasteiger partial charge in [0.2, 0.25) is 11.8 Å². The highest BCUT2D eigenvalue weighted by atomic mass is 16.6. The highest BCUT2D eigenvalue weighted by Crippen LogP contribution is 2.34. The molecule has 8 heteroatoms. The Balaban J connectivity index is 2.31. The molecule has 0 bridgehead atoms. The molecule has 0 aromatic heterocycles. The van der Waals surface area contributed by atoms with Crippen LogP contribution in [0.2, 0.25) is 0 Å². The van der Waals surface area contributed by atoms with E-state index in [1.165, 1.54) is 12.1 Å². The van der Waals surface area contributed by atoms with Crippen molar-refractivity contribution in [3.05, 3.63) is 29.8 Å². The van der Waals surface area contributed by atoms with Crippen LogP contribution in [0.5, 0.6) is 5.75 Å². The van der Waals surface area contributed by atoms with E-state index in [1.807, 2.05) is 6.92 Å². The SMILES string of the molecule is CCCCNC(=O)C(c1ccc(O)cc1)N(C(=O)C(C)NC(=O)OC(C)(C)C)C1CCC1. The summed E-state index contributed by atoms with van der Waals surface area (Å²) in [6, 6.07) is 4.51. The van der Waals surface area contributed by atoms with E-state index in [4.69, 9.17) is 4.74 Å². The van der Waals surface area contributed by atoms with Crippen LogP contribution >= 0.6 is 0 Å². The van der Waals surface area contributed by atoms with Gasteiger partial charge in [-0.15, -0.1) is 0 Å². The quantitative estimate of drug-likeness (QED) is 0.501. The highest BCUT2D eigenvalue weighted by molar-refractivity contribution is 5.92. The van der Waals surface area contributed by atoms with Crippen LogP contribution in [0.4, 0.5) is 4.79 Å².